The molecule has 1 N–H and O–H groups in total. The highest BCUT2D eigenvalue weighted by Crippen LogP contribution is 2.49. The number of fused-ring (bicyclic) bond motifs is 1. The van der Waals surface area contributed by atoms with E-state index in [2.05, 4.69) is 11.0 Å². The van der Waals surface area contributed by atoms with Crippen molar-refractivity contribution in [3.8, 4) is 11.5 Å². The van der Waals surface area contributed by atoms with Gasteiger partial charge < -0.3 is 9.84 Å². The van der Waals surface area contributed by atoms with Crippen LogP contribution in [0.3, 0.4) is 0 Å². The van der Waals surface area contributed by atoms with E-state index in [0.717, 1.165) is 49.4 Å². The van der Waals surface area contributed by atoms with Gasteiger partial charge in [-0.1, -0.05) is 42.8 Å². The fourth-order valence-corrected chi connectivity index (χ4v) is 4.45. The Hall–Kier alpha value is -2.33. The smallest absolute Gasteiger partial charge is 0.311 e. The number of likely N-dealkylation sites (tertiary alicyclic amines) is 1. The van der Waals surface area contributed by atoms with Crippen LogP contribution in [-0.2, 0) is 11.3 Å². The van der Waals surface area contributed by atoms with Crippen molar-refractivity contribution in [2.45, 2.75) is 25.8 Å². The lowest BCUT2D eigenvalue weighted by Gasteiger charge is -2.24. The minimum Gasteiger partial charge on any atom is -0.481 e. The predicted molar refractivity (Wildman–Crippen MR) is 95.6 cm³/mol. The van der Waals surface area contributed by atoms with E-state index in [1.165, 1.54) is 0 Å². The molecule has 4 rings (SSSR count). The van der Waals surface area contributed by atoms with E-state index in [9.17, 15) is 9.90 Å². The molecule has 4 heteroatoms. The van der Waals surface area contributed by atoms with Gasteiger partial charge in [0, 0.05) is 25.2 Å². The number of hydrogen-bond donors (Lipinski definition) is 1. The number of aliphatic carboxylic acids is 1. The van der Waals surface area contributed by atoms with E-state index in [4.69, 9.17) is 4.74 Å². The topological polar surface area (TPSA) is 49.8 Å². The van der Waals surface area contributed by atoms with Gasteiger partial charge in [-0.2, -0.15) is 0 Å². The first-order chi connectivity index (χ1) is 12.2. The average Bonchev–Trinajstić information content (AvgIpc) is 3.16. The van der Waals surface area contributed by atoms with Crippen LogP contribution in [0.1, 0.15) is 24.8 Å². The number of carboxylic acids is 1. The molecule has 2 fully saturated rings. The molecule has 0 bridgehead atoms. The highest BCUT2D eigenvalue weighted by atomic mass is 16.5. The molecular formula is C21H23NO3. The van der Waals surface area contributed by atoms with Crippen LogP contribution in [0.2, 0.25) is 0 Å². The highest BCUT2D eigenvalue weighted by molar-refractivity contribution is 5.76. The Morgan fingerprint density at radius 3 is 2.68 bits per heavy atom. The van der Waals surface area contributed by atoms with Crippen molar-refractivity contribution in [2.24, 2.45) is 11.3 Å². The number of carboxylic acid groups (broad SMARTS) is 1. The van der Waals surface area contributed by atoms with Crippen molar-refractivity contribution in [1.29, 1.82) is 0 Å². The Morgan fingerprint density at radius 1 is 1.16 bits per heavy atom. The maximum absolute atomic E-state index is 11.9. The van der Waals surface area contributed by atoms with Gasteiger partial charge in [0.15, 0.2) is 0 Å². The number of para-hydroxylation sites is 2. The summed E-state index contributed by atoms with van der Waals surface area (Å²) < 4.78 is 6.04. The quantitative estimate of drug-likeness (QED) is 0.890. The van der Waals surface area contributed by atoms with E-state index in [-0.39, 0.29) is 5.92 Å². The standard InChI is InChI=1S/C21H23NO3/c23-20(24)21-12-6-8-17(21)14-22(15-21)13-16-7-4-5-11-19(16)25-18-9-2-1-3-10-18/h1-5,7,9-11,17H,6,8,12-15H2,(H,23,24)/t17-,21+/m0/s1. The lowest BCUT2D eigenvalue weighted by atomic mass is 9.81. The van der Waals surface area contributed by atoms with Crippen LogP contribution in [0.25, 0.3) is 0 Å². The van der Waals surface area contributed by atoms with E-state index in [0.29, 0.717) is 6.54 Å². The molecule has 1 aliphatic carbocycles. The Kier molecular flexibility index (Phi) is 4.22. The zero-order valence-electron chi connectivity index (χ0n) is 14.2. The lowest BCUT2D eigenvalue weighted by Crippen LogP contribution is -2.35. The fraction of sp³-hybridized carbons (Fsp3) is 0.381. The molecule has 2 aromatic carbocycles. The molecule has 1 heterocycles. The number of rotatable bonds is 5. The van der Waals surface area contributed by atoms with Gasteiger partial charge in [0.2, 0.25) is 0 Å². The Bertz CT molecular complexity index is 761. The van der Waals surface area contributed by atoms with Crippen molar-refractivity contribution in [2.75, 3.05) is 13.1 Å². The molecule has 2 aromatic rings. The van der Waals surface area contributed by atoms with Crippen LogP contribution in [0.15, 0.2) is 54.6 Å². The number of ether oxygens (including phenoxy) is 1. The molecule has 1 saturated heterocycles. The van der Waals surface area contributed by atoms with Crippen molar-refractivity contribution >= 4 is 5.97 Å². The molecule has 4 nitrogen and oxygen atoms in total. The number of nitrogens with zero attached hydrogens (tertiary/aromatic N) is 1. The maximum atomic E-state index is 11.9. The van der Waals surface area contributed by atoms with Gasteiger partial charge in [0.05, 0.1) is 5.41 Å². The van der Waals surface area contributed by atoms with Crippen LogP contribution >= 0.6 is 0 Å². The number of carbonyl (C=O) groups is 1. The van der Waals surface area contributed by atoms with Crippen molar-refractivity contribution in [3.63, 3.8) is 0 Å². The van der Waals surface area contributed by atoms with Crippen molar-refractivity contribution in [1.82, 2.24) is 4.90 Å². The third kappa shape index (κ3) is 3.02. The molecular weight excluding hydrogens is 314 g/mol. The van der Waals surface area contributed by atoms with E-state index < -0.39 is 11.4 Å². The third-order valence-corrected chi connectivity index (χ3v) is 5.70. The SMILES string of the molecule is O=C(O)[C@@]12CCC[C@H]1CN(Cc1ccccc1Oc1ccccc1)C2. The third-order valence-electron chi connectivity index (χ3n) is 5.70. The van der Waals surface area contributed by atoms with E-state index >= 15 is 0 Å². The number of hydrogen-bond acceptors (Lipinski definition) is 3. The summed E-state index contributed by atoms with van der Waals surface area (Å²) >= 11 is 0. The van der Waals surface area contributed by atoms with Crippen molar-refractivity contribution < 1.29 is 14.6 Å². The summed E-state index contributed by atoms with van der Waals surface area (Å²) in [7, 11) is 0. The zero-order chi connectivity index (χ0) is 17.3. The van der Waals surface area contributed by atoms with Gasteiger partial charge in [-0.3, -0.25) is 9.69 Å². The Balaban J connectivity index is 1.51. The molecule has 130 valence electrons. The molecule has 0 spiro atoms. The van der Waals surface area contributed by atoms with Crippen molar-refractivity contribution in [3.05, 3.63) is 60.2 Å². The lowest BCUT2D eigenvalue weighted by molar-refractivity contribution is -0.149. The Labute approximate surface area is 148 Å². The molecule has 0 unspecified atom stereocenters. The first-order valence-corrected chi connectivity index (χ1v) is 8.94. The molecule has 25 heavy (non-hydrogen) atoms. The van der Waals surface area contributed by atoms with Gasteiger partial charge in [-0.25, -0.2) is 0 Å². The summed E-state index contributed by atoms with van der Waals surface area (Å²) in [5.74, 6) is 1.32. The second-order valence-corrected chi connectivity index (χ2v) is 7.24. The largest absolute Gasteiger partial charge is 0.481 e. The summed E-state index contributed by atoms with van der Waals surface area (Å²) in [5.41, 5.74) is 0.571. The van der Waals surface area contributed by atoms with Crippen LogP contribution in [0.4, 0.5) is 0 Å². The summed E-state index contributed by atoms with van der Waals surface area (Å²) in [6.45, 7) is 2.24. The summed E-state index contributed by atoms with van der Waals surface area (Å²) in [6, 6.07) is 17.8. The van der Waals surface area contributed by atoms with Gasteiger partial charge in [0.1, 0.15) is 11.5 Å². The molecule has 2 atom stereocenters. The molecule has 2 aliphatic rings. The predicted octanol–water partition coefficient (Wildman–Crippen LogP) is 4.17. The first kappa shape index (κ1) is 16.2. The average molecular weight is 337 g/mol. The fourth-order valence-electron chi connectivity index (χ4n) is 4.45. The van der Waals surface area contributed by atoms with Gasteiger partial charge in [-0.05, 0) is 37.0 Å². The van der Waals surface area contributed by atoms with Gasteiger partial charge in [0.25, 0.3) is 0 Å². The van der Waals surface area contributed by atoms with E-state index in [1.807, 2.05) is 48.5 Å². The molecule has 0 amide bonds. The molecule has 1 aliphatic heterocycles. The zero-order valence-corrected chi connectivity index (χ0v) is 14.2. The number of benzene rings is 2. The first-order valence-electron chi connectivity index (χ1n) is 8.94. The Morgan fingerprint density at radius 2 is 1.92 bits per heavy atom. The van der Waals surface area contributed by atoms with E-state index in [1.54, 1.807) is 0 Å². The van der Waals surface area contributed by atoms with Gasteiger partial charge >= 0.3 is 5.97 Å². The second-order valence-electron chi connectivity index (χ2n) is 7.24. The van der Waals surface area contributed by atoms with Crippen LogP contribution in [0.5, 0.6) is 11.5 Å². The molecule has 1 saturated carbocycles. The minimum absolute atomic E-state index is 0.284. The second kappa shape index (κ2) is 6.52. The maximum Gasteiger partial charge on any atom is 0.311 e. The summed E-state index contributed by atoms with van der Waals surface area (Å²) in [5, 5.41) is 9.76. The van der Waals surface area contributed by atoms with Crippen LogP contribution in [0, 0.1) is 11.3 Å². The highest BCUT2D eigenvalue weighted by Gasteiger charge is 2.54. The normalized spacial score (nSPS) is 25.7. The summed E-state index contributed by atoms with van der Waals surface area (Å²) in [4.78, 5) is 14.1. The van der Waals surface area contributed by atoms with Gasteiger partial charge in [-0.15, -0.1) is 0 Å². The minimum atomic E-state index is -0.619. The monoisotopic (exact) mass is 337 g/mol. The molecule has 0 aromatic heterocycles. The van der Waals surface area contributed by atoms with Crippen LogP contribution in [-0.4, -0.2) is 29.1 Å². The summed E-state index contributed by atoms with van der Waals surface area (Å²) in [6.07, 6.45) is 2.88. The molecule has 0 radical (unpaired) electrons. The van der Waals surface area contributed by atoms with Crippen LogP contribution < -0.4 is 4.74 Å².